The molecule has 1 unspecified atom stereocenters. The highest BCUT2D eigenvalue weighted by atomic mass is 16.3. The molecule has 1 N–H and O–H groups in total. The van der Waals surface area contributed by atoms with Crippen molar-refractivity contribution in [1.82, 2.24) is 0 Å². The number of unbranched alkanes of at least 4 members (excludes halogenated alkanes) is 1. The second kappa shape index (κ2) is 5.68. The summed E-state index contributed by atoms with van der Waals surface area (Å²) in [5.41, 5.74) is 1.40. The van der Waals surface area contributed by atoms with Crippen LogP contribution < -0.4 is 0 Å². The van der Waals surface area contributed by atoms with Crippen molar-refractivity contribution in [2.45, 2.75) is 63.4 Å². The molecular weight excluding hydrogens is 208 g/mol. The minimum absolute atomic E-state index is 0.0520. The Morgan fingerprint density at radius 1 is 1.18 bits per heavy atom. The average Bonchev–Trinajstić information content (AvgIpc) is 2.87. The maximum absolute atomic E-state index is 10.6. The highest BCUT2D eigenvalue weighted by Gasteiger charge is 2.41. The molecule has 1 nitrogen and oxygen atoms in total. The highest BCUT2D eigenvalue weighted by Crippen LogP contribution is 2.45. The van der Waals surface area contributed by atoms with Gasteiger partial charge in [-0.05, 0) is 24.8 Å². The van der Waals surface area contributed by atoms with Gasteiger partial charge in [-0.1, -0.05) is 62.9 Å². The number of benzene rings is 1. The van der Waals surface area contributed by atoms with Crippen LogP contribution in [0.15, 0.2) is 30.3 Å². The van der Waals surface area contributed by atoms with E-state index >= 15 is 0 Å². The second-order valence-electron chi connectivity index (χ2n) is 5.39. The molecular formula is C16H24O. The first-order chi connectivity index (χ1) is 8.29. The van der Waals surface area contributed by atoms with Crippen molar-refractivity contribution >= 4 is 0 Å². The first kappa shape index (κ1) is 12.6. The molecule has 1 atom stereocenters. The minimum atomic E-state index is -0.160. The molecule has 94 valence electrons. The van der Waals surface area contributed by atoms with E-state index in [4.69, 9.17) is 0 Å². The van der Waals surface area contributed by atoms with Gasteiger partial charge in [0.2, 0.25) is 0 Å². The van der Waals surface area contributed by atoms with E-state index in [9.17, 15) is 5.11 Å². The van der Waals surface area contributed by atoms with Crippen LogP contribution in [0, 0.1) is 0 Å². The molecule has 17 heavy (non-hydrogen) atoms. The Hall–Kier alpha value is -0.820. The smallest absolute Gasteiger partial charge is 0.0636 e. The van der Waals surface area contributed by atoms with Crippen molar-refractivity contribution < 1.29 is 5.11 Å². The van der Waals surface area contributed by atoms with Crippen molar-refractivity contribution in [2.75, 3.05) is 0 Å². The van der Waals surface area contributed by atoms with Crippen LogP contribution in [0.25, 0.3) is 0 Å². The number of aliphatic hydroxyl groups excluding tert-OH is 1. The van der Waals surface area contributed by atoms with E-state index in [1.54, 1.807) is 0 Å². The van der Waals surface area contributed by atoms with Crippen LogP contribution in [0.3, 0.4) is 0 Å². The molecule has 0 amide bonds. The number of hydrogen-bond donors (Lipinski definition) is 1. The van der Waals surface area contributed by atoms with Gasteiger partial charge in [0.25, 0.3) is 0 Å². The van der Waals surface area contributed by atoms with Crippen LogP contribution in [0.5, 0.6) is 0 Å². The monoisotopic (exact) mass is 232 g/mol. The predicted octanol–water partition coefficient (Wildman–Crippen LogP) is 4.05. The Labute approximate surface area is 105 Å². The number of aliphatic hydroxyl groups is 1. The van der Waals surface area contributed by atoms with E-state index in [1.807, 2.05) is 0 Å². The van der Waals surface area contributed by atoms with Crippen molar-refractivity contribution in [2.24, 2.45) is 0 Å². The zero-order valence-corrected chi connectivity index (χ0v) is 10.9. The van der Waals surface area contributed by atoms with Crippen LogP contribution in [0.2, 0.25) is 0 Å². The fourth-order valence-electron chi connectivity index (χ4n) is 3.26. The highest BCUT2D eigenvalue weighted by molar-refractivity contribution is 5.28. The molecule has 0 bridgehead atoms. The molecule has 0 aliphatic heterocycles. The van der Waals surface area contributed by atoms with Crippen molar-refractivity contribution in [3.05, 3.63) is 35.9 Å². The lowest BCUT2D eigenvalue weighted by molar-refractivity contribution is 0.0723. The minimum Gasteiger partial charge on any atom is -0.392 e. The Morgan fingerprint density at radius 3 is 2.41 bits per heavy atom. The third kappa shape index (κ3) is 2.55. The third-order valence-corrected chi connectivity index (χ3v) is 4.31. The summed E-state index contributed by atoms with van der Waals surface area (Å²) in [6.45, 7) is 2.19. The Bertz CT molecular complexity index is 325. The molecule has 1 aliphatic carbocycles. The number of rotatable bonds is 5. The van der Waals surface area contributed by atoms with Crippen LogP contribution in [0.4, 0.5) is 0 Å². The zero-order valence-electron chi connectivity index (χ0n) is 10.9. The second-order valence-corrected chi connectivity index (χ2v) is 5.39. The molecule has 1 saturated carbocycles. The summed E-state index contributed by atoms with van der Waals surface area (Å²) in [5, 5.41) is 10.6. The maximum Gasteiger partial charge on any atom is 0.0636 e. The van der Waals surface area contributed by atoms with Gasteiger partial charge in [0.15, 0.2) is 0 Å². The summed E-state index contributed by atoms with van der Waals surface area (Å²) in [7, 11) is 0. The Morgan fingerprint density at radius 2 is 1.82 bits per heavy atom. The summed E-state index contributed by atoms with van der Waals surface area (Å²) in [4.78, 5) is 0. The summed E-state index contributed by atoms with van der Waals surface area (Å²) >= 11 is 0. The molecule has 0 spiro atoms. The molecule has 0 aromatic heterocycles. The molecule has 1 fully saturated rings. The van der Waals surface area contributed by atoms with Gasteiger partial charge >= 0.3 is 0 Å². The Balaban J connectivity index is 2.20. The van der Waals surface area contributed by atoms with Crippen molar-refractivity contribution in [1.29, 1.82) is 0 Å². The van der Waals surface area contributed by atoms with Crippen LogP contribution in [0.1, 0.15) is 57.4 Å². The van der Waals surface area contributed by atoms with Crippen molar-refractivity contribution in [3.8, 4) is 0 Å². The molecule has 1 aromatic carbocycles. The maximum atomic E-state index is 10.6. The summed E-state index contributed by atoms with van der Waals surface area (Å²) < 4.78 is 0. The SMILES string of the molecule is CCCCC(O)C1(c2ccccc2)CCCC1. The topological polar surface area (TPSA) is 20.2 Å². The van der Waals surface area contributed by atoms with E-state index in [-0.39, 0.29) is 11.5 Å². The van der Waals surface area contributed by atoms with Crippen LogP contribution in [-0.4, -0.2) is 11.2 Å². The first-order valence-electron chi connectivity index (χ1n) is 7.03. The predicted molar refractivity (Wildman–Crippen MR) is 72.1 cm³/mol. The molecule has 0 radical (unpaired) electrons. The van der Waals surface area contributed by atoms with E-state index in [1.165, 1.54) is 24.8 Å². The van der Waals surface area contributed by atoms with Gasteiger partial charge in [0, 0.05) is 5.41 Å². The van der Waals surface area contributed by atoms with E-state index in [2.05, 4.69) is 37.3 Å². The zero-order chi connectivity index (χ0) is 12.1. The van der Waals surface area contributed by atoms with Gasteiger partial charge in [-0.25, -0.2) is 0 Å². The largest absolute Gasteiger partial charge is 0.392 e. The summed E-state index contributed by atoms with van der Waals surface area (Å²) in [6, 6.07) is 10.6. The van der Waals surface area contributed by atoms with Crippen LogP contribution in [-0.2, 0) is 5.41 Å². The summed E-state index contributed by atoms with van der Waals surface area (Å²) in [6.07, 6.45) is 7.93. The lowest BCUT2D eigenvalue weighted by Gasteiger charge is -2.35. The van der Waals surface area contributed by atoms with Crippen LogP contribution >= 0.6 is 0 Å². The molecule has 0 saturated heterocycles. The molecule has 1 heteroatoms. The van der Waals surface area contributed by atoms with E-state index in [0.29, 0.717) is 0 Å². The normalized spacial score (nSPS) is 20.4. The fourth-order valence-corrected chi connectivity index (χ4v) is 3.26. The Kier molecular flexibility index (Phi) is 4.22. The van der Waals surface area contributed by atoms with Gasteiger partial charge in [0.05, 0.1) is 6.10 Å². The average molecular weight is 232 g/mol. The van der Waals surface area contributed by atoms with Gasteiger partial charge in [-0.15, -0.1) is 0 Å². The van der Waals surface area contributed by atoms with E-state index < -0.39 is 0 Å². The van der Waals surface area contributed by atoms with E-state index in [0.717, 1.165) is 25.7 Å². The van der Waals surface area contributed by atoms with Gasteiger partial charge in [0.1, 0.15) is 0 Å². The number of hydrogen-bond acceptors (Lipinski definition) is 1. The van der Waals surface area contributed by atoms with Gasteiger partial charge in [-0.3, -0.25) is 0 Å². The fraction of sp³-hybridized carbons (Fsp3) is 0.625. The van der Waals surface area contributed by atoms with Gasteiger partial charge < -0.3 is 5.11 Å². The summed E-state index contributed by atoms with van der Waals surface area (Å²) in [5.74, 6) is 0. The standard InChI is InChI=1S/C16H24O/c1-2-3-11-15(17)16(12-7-8-13-16)14-9-5-4-6-10-14/h4-6,9-10,15,17H,2-3,7-8,11-13H2,1H3. The molecule has 1 aromatic rings. The molecule has 0 heterocycles. The quantitative estimate of drug-likeness (QED) is 0.812. The molecule has 1 aliphatic rings. The first-order valence-corrected chi connectivity index (χ1v) is 7.03. The third-order valence-electron chi connectivity index (χ3n) is 4.31. The molecule has 2 rings (SSSR count). The lowest BCUT2D eigenvalue weighted by Crippen LogP contribution is -2.37. The lowest BCUT2D eigenvalue weighted by atomic mass is 9.73. The van der Waals surface area contributed by atoms with Crippen molar-refractivity contribution in [3.63, 3.8) is 0 Å². The van der Waals surface area contributed by atoms with Gasteiger partial charge in [-0.2, -0.15) is 0 Å².